The van der Waals surface area contributed by atoms with E-state index in [0.717, 1.165) is 18.7 Å². The molecule has 4 saturated heterocycles. The van der Waals surface area contributed by atoms with Gasteiger partial charge in [-0.25, -0.2) is 19.2 Å². The third-order valence-corrected chi connectivity index (χ3v) is 18.1. The first kappa shape index (κ1) is 75.6. The highest BCUT2D eigenvalue weighted by molar-refractivity contribution is 7.99. The van der Waals surface area contributed by atoms with E-state index in [0.29, 0.717) is 5.56 Å². The topological polar surface area (TPSA) is 301 Å². The Balaban J connectivity index is 1.14. The van der Waals surface area contributed by atoms with Crippen LogP contribution in [0.25, 0.3) is 0 Å². The highest BCUT2D eigenvalue weighted by Gasteiger charge is 2.59. The Bertz CT molecular complexity index is 3560. The Morgan fingerprint density at radius 3 is 1.39 bits per heavy atom. The van der Waals surface area contributed by atoms with E-state index >= 15 is 0 Å². The number of carbonyl (C=O) groups excluding carboxylic acids is 9. The normalized spacial score (nSPS) is 26.6. The lowest BCUT2D eigenvalue weighted by atomic mass is 9.87. The molecule has 4 fully saturated rings. The first-order valence-electron chi connectivity index (χ1n) is 32.9. The lowest BCUT2D eigenvalue weighted by Gasteiger charge is -2.51. The molecule has 0 aliphatic carbocycles. The highest BCUT2D eigenvalue weighted by Crippen LogP contribution is 2.43. The second-order valence-electron chi connectivity index (χ2n) is 25.5. The first-order chi connectivity index (χ1) is 47.9. The summed E-state index contributed by atoms with van der Waals surface area (Å²) in [5.41, 5.74) is -2.98. The van der Waals surface area contributed by atoms with Gasteiger partial charge in [0, 0.05) is 32.3 Å². The Morgan fingerprint density at radius 1 is 0.450 bits per heavy atom. The number of ether oxygens (including phenoxy) is 16. The smallest absolute Gasteiger partial charge is 0.338 e. The predicted octanol–water partition coefficient (Wildman–Crippen LogP) is 9.31. The number of benzene rings is 5. The summed E-state index contributed by atoms with van der Waals surface area (Å²) in [5, 5.41) is 0. The molecule has 5 aromatic rings. The van der Waals surface area contributed by atoms with Crippen molar-refractivity contribution in [1.29, 1.82) is 0 Å². The summed E-state index contributed by atoms with van der Waals surface area (Å²) in [6.07, 6.45) is -21.0. The van der Waals surface area contributed by atoms with Crippen molar-refractivity contribution in [2.24, 2.45) is 16.7 Å². The molecule has 4 aliphatic rings. The minimum absolute atomic E-state index is 0.0146. The van der Waals surface area contributed by atoms with Crippen LogP contribution in [0.5, 0.6) is 0 Å². The van der Waals surface area contributed by atoms with Crippen molar-refractivity contribution in [3.8, 4) is 0 Å². The van der Waals surface area contributed by atoms with E-state index in [4.69, 9.17) is 75.8 Å². The van der Waals surface area contributed by atoms with Crippen LogP contribution in [0.15, 0.2) is 152 Å². The second kappa shape index (κ2) is 35.1. The van der Waals surface area contributed by atoms with E-state index < -0.39 is 175 Å². The van der Waals surface area contributed by atoms with Crippen LogP contribution in [-0.4, -0.2) is 178 Å². The fourth-order valence-electron chi connectivity index (χ4n) is 11.5. The second-order valence-corrected chi connectivity index (χ2v) is 26.9. The maximum atomic E-state index is 14.8. The number of rotatable bonds is 28. The quantitative estimate of drug-likeness (QED) is 0.0332. The summed E-state index contributed by atoms with van der Waals surface area (Å²) in [6.45, 7) is 11.8. The molecule has 26 heteroatoms. The minimum atomic E-state index is -1.90. The summed E-state index contributed by atoms with van der Waals surface area (Å²) >= 11 is 1.15. The molecule has 16 atom stereocenters. The van der Waals surface area contributed by atoms with Gasteiger partial charge in [0.1, 0.15) is 36.5 Å². The summed E-state index contributed by atoms with van der Waals surface area (Å²) in [4.78, 5) is 125. The number of fused-ring (bicyclic) bond motifs is 1. The van der Waals surface area contributed by atoms with E-state index in [1.165, 1.54) is 62.4 Å². The maximum Gasteiger partial charge on any atom is 0.338 e. The molecule has 5 aromatic carbocycles. The summed E-state index contributed by atoms with van der Waals surface area (Å²) in [7, 11) is 0. The number of hydrogen-bond acceptors (Lipinski definition) is 26. The van der Waals surface area contributed by atoms with E-state index in [-0.39, 0.29) is 60.7 Å². The Labute approximate surface area is 583 Å². The lowest BCUT2D eigenvalue weighted by molar-refractivity contribution is -0.372. The van der Waals surface area contributed by atoms with Gasteiger partial charge in [0.25, 0.3) is 0 Å². The monoisotopic (exact) mass is 1400 g/mol. The molecule has 0 aromatic heterocycles. The molecule has 100 heavy (non-hydrogen) atoms. The van der Waals surface area contributed by atoms with Crippen molar-refractivity contribution in [3.63, 3.8) is 0 Å². The standard InChI is InChI=1S/C74H84O25S/c1-10-100-70-62(99-72(83)74(8,9)37-39-85-45(4)76)60(97-69-56(98-71(82)73(6,7)36-38-84-44(3)75)43(2)55-52(91-69)41-87-67(96-55)51-34-24-15-25-35-51)57(89-46(5)77)54(92-70)42-88-68-61(95-66(81)50-32-22-14-23-33-50)59(94-65(80)49-30-20-13-21-31-49)58(93-64(79)48-28-18-12-19-29-48)53(90-68)40-86-63(78)47-26-16-11-17-27-47/h11-35,43,52-62,67-70H,10,36-42H2,1-9H3/t43-,52?,53?,54?,55+,56?,57-,58-,59-,60-,61?,62?,67?,68+,69-,70-/m0/s1. The van der Waals surface area contributed by atoms with E-state index in [1.54, 1.807) is 114 Å². The SMILES string of the molecule is CCS[C@@H]1OC(CO[C@@H]2OC(COC(=O)c3ccccc3)[C@H](OC(=O)c3ccccc3)[C@H](OC(=O)c3ccccc3)C2OC(=O)c2ccccc2)[C@H](OC(C)=O)[C@H](O[C@@H]2OC3COC(c4ccccc4)O[C@@H]3[C@H](C)C2OC(=O)C(C)(C)CCOC(C)=O)C1OC(=O)C(C)(C)CCOC(C)=O. The minimum Gasteiger partial charge on any atom is -0.466 e. The van der Waals surface area contributed by atoms with Gasteiger partial charge in [-0.05, 0) is 94.8 Å². The van der Waals surface area contributed by atoms with Crippen LogP contribution in [0.2, 0.25) is 0 Å². The largest absolute Gasteiger partial charge is 0.466 e. The van der Waals surface area contributed by atoms with Crippen molar-refractivity contribution >= 4 is 65.5 Å². The van der Waals surface area contributed by atoms with Crippen molar-refractivity contribution in [3.05, 3.63) is 179 Å². The fourth-order valence-corrected chi connectivity index (χ4v) is 12.4. The zero-order valence-corrected chi connectivity index (χ0v) is 57.8. The Kier molecular flexibility index (Phi) is 26.6. The Hall–Kier alpha value is -8.60. The van der Waals surface area contributed by atoms with Gasteiger partial charge in [-0.2, -0.15) is 0 Å². The molecule has 7 unspecified atom stereocenters. The van der Waals surface area contributed by atoms with Crippen molar-refractivity contribution in [2.45, 2.75) is 167 Å². The van der Waals surface area contributed by atoms with E-state index in [2.05, 4.69) is 0 Å². The molecule has 0 bridgehead atoms. The molecule has 4 aliphatic heterocycles. The molecular weight excluding hydrogens is 1320 g/mol. The number of hydrogen-bond donors (Lipinski definition) is 0. The average molecular weight is 1410 g/mol. The van der Waals surface area contributed by atoms with Gasteiger partial charge < -0.3 is 75.8 Å². The van der Waals surface area contributed by atoms with Crippen LogP contribution in [0.3, 0.4) is 0 Å². The maximum absolute atomic E-state index is 14.8. The van der Waals surface area contributed by atoms with Crippen molar-refractivity contribution in [2.75, 3.05) is 38.8 Å². The molecule has 0 radical (unpaired) electrons. The molecule has 4 heterocycles. The summed E-state index contributed by atoms with van der Waals surface area (Å²) in [5.74, 6) is -7.84. The van der Waals surface area contributed by atoms with Gasteiger partial charge in [0.05, 0.1) is 65.6 Å². The Morgan fingerprint density at radius 2 is 0.900 bits per heavy atom. The van der Waals surface area contributed by atoms with E-state index in [1.807, 2.05) is 30.3 Å². The number of carbonyl (C=O) groups is 9. The zero-order chi connectivity index (χ0) is 71.7. The van der Waals surface area contributed by atoms with Gasteiger partial charge in [-0.3, -0.25) is 24.0 Å². The third kappa shape index (κ3) is 19.9. The van der Waals surface area contributed by atoms with Crippen LogP contribution in [-0.2, 0) is 99.8 Å². The van der Waals surface area contributed by atoms with Gasteiger partial charge in [-0.15, -0.1) is 11.8 Å². The van der Waals surface area contributed by atoms with Gasteiger partial charge in [0.15, 0.2) is 55.5 Å². The molecule has 0 N–H and O–H groups in total. The van der Waals surface area contributed by atoms with Crippen LogP contribution in [0.1, 0.15) is 128 Å². The van der Waals surface area contributed by atoms with Crippen LogP contribution < -0.4 is 0 Å². The number of thioether (sulfide) groups is 1. The van der Waals surface area contributed by atoms with Crippen LogP contribution in [0.4, 0.5) is 0 Å². The average Bonchev–Trinajstić information content (AvgIpc) is 0.764. The van der Waals surface area contributed by atoms with Crippen molar-refractivity contribution in [1.82, 2.24) is 0 Å². The molecule has 25 nitrogen and oxygen atoms in total. The lowest BCUT2D eigenvalue weighted by Crippen LogP contribution is -2.66. The molecule has 0 spiro atoms. The predicted molar refractivity (Wildman–Crippen MR) is 353 cm³/mol. The first-order valence-corrected chi connectivity index (χ1v) is 34.0. The molecule has 0 amide bonds. The molecular formula is C74H84O25S. The summed E-state index contributed by atoms with van der Waals surface area (Å²) < 4.78 is 102. The van der Waals surface area contributed by atoms with Crippen LogP contribution >= 0.6 is 11.8 Å². The zero-order valence-electron chi connectivity index (χ0n) is 56.9. The van der Waals surface area contributed by atoms with Crippen molar-refractivity contribution < 1.29 is 119 Å². The van der Waals surface area contributed by atoms with Crippen LogP contribution in [0, 0.1) is 16.7 Å². The summed E-state index contributed by atoms with van der Waals surface area (Å²) in [6, 6.07) is 40.5. The van der Waals surface area contributed by atoms with Gasteiger partial charge in [0.2, 0.25) is 0 Å². The number of esters is 9. The third-order valence-electron chi connectivity index (χ3n) is 17.1. The molecule has 9 rings (SSSR count). The van der Waals surface area contributed by atoms with E-state index in [9.17, 15) is 43.2 Å². The molecule has 536 valence electrons. The van der Waals surface area contributed by atoms with Gasteiger partial charge >= 0.3 is 53.7 Å². The fraction of sp³-hybridized carbons (Fsp3) is 0.473. The van der Waals surface area contributed by atoms with Gasteiger partial charge in [-0.1, -0.05) is 117 Å². The molecule has 0 saturated carbocycles. The highest BCUT2D eigenvalue weighted by atomic mass is 32.2.